The zero-order valence-electron chi connectivity index (χ0n) is 9.61. The summed E-state index contributed by atoms with van der Waals surface area (Å²) >= 11 is 0. The summed E-state index contributed by atoms with van der Waals surface area (Å²) in [5, 5.41) is 11.6. The summed E-state index contributed by atoms with van der Waals surface area (Å²) in [5.74, 6) is 1.15. The number of aryl methyl sites for hydroxylation is 1. The van der Waals surface area contributed by atoms with Crippen molar-refractivity contribution in [2.24, 2.45) is 7.05 Å². The van der Waals surface area contributed by atoms with Crippen molar-refractivity contribution in [3.05, 3.63) is 30.3 Å². The summed E-state index contributed by atoms with van der Waals surface area (Å²) in [7, 11) is 1.69. The highest BCUT2D eigenvalue weighted by molar-refractivity contribution is 5.64. The molecule has 0 spiro atoms. The summed E-state index contributed by atoms with van der Waals surface area (Å²) < 4.78 is 6.59. The van der Waals surface area contributed by atoms with Crippen molar-refractivity contribution in [3.8, 4) is 23.0 Å². The molecule has 0 unspecified atom stereocenters. The van der Waals surface area contributed by atoms with Gasteiger partial charge in [0.2, 0.25) is 5.82 Å². The van der Waals surface area contributed by atoms with E-state index >= 15 is 0 Å². The maximum atomic E-state index is 5.79. The largest absolute Gasteiger partial charge is 0.382 e. The van der Waals surface area contributed by atoms with E-state index in [2.05, 4.69) is 20.5 Å². The first-order chi connectivity index (χ1) is 8.75. The van der Waals surface area contributed by atoms with Gasteiger partial charge >= 0.3 is 0 Å². The molecule has 0 fully saturated rings. The Hall–Kier alpha value is -2.70. The smallest absolute Gasteiger partial charge is 0.282 e. The van der Waals surface area contributed by atoms with E-state index in [4.69, 9.17) is 10.3 Å². The topological polar surface area (TPSA) is 95.6 Å². The molecule has 2 N–H and O–H groups in total. The van der Waals surface area contributed by atoms with Gasteiger partial charge in [-0.2, -0.15) is 4.98 Å². The first-order valence-electron chi connectivity index (χ1n) is 5.30. The van der Waals surface area contributed by atoms with Gasteiger partial charge in [0.25, 0.3) is 5.89 Å². The third-order valence-electron chi connectivity index (χ3n) is 2.53. The molecule has 0 bridgehead atoms. The zero-order valence-corrected chi connectivity index (χ0v) is 9.61. The molecule has 1 aromatic carbocycles. The van der Waals surface area contributed by atoms with E-state index in [1.165, 1.54) is 4.68 Å². The number of anilines is 1. The molecule has 0 saturated heterocycles. The van der Waals surface area contributed by atoms with Crippen LogP contribution in [0.3, 0.4) is 0 Å². The molecule has 90 valence electrons. The molecule has 0 aliphatic heterocycles. The average Bonchev–Trinajstić information content (AvgIpc) is 3.00. The number of hydrogen-bond acceptors (Lipinski definition) is 6. The second-order valence-electron chi connectivity index (χ2n) is 3.74. The fourth-order valence-corrected chi connectivity index (χ4v) is 1.54. The molecule has 2 aromatic heterocycles. The highest BCUT2D eigenvalue weighted by Gasteiger charge is 2.17. The summed E-state index contributed by atoms with van der Waals surface area (Å²) in [6.07, 6.45) is 0. The fraction of sp³-hybridized carbons (Fsp3) is 0.0909. The summed E-state index contributed by atoms with van der Waals surface area (Å²) in [4.78, 5) is 4.25. The molecule has 3 rings (SSSR count). The molecule has 0 amide bonds. The monoisotopic (exact) mass is 242 g/mol. The molecule has 7 nitrogen and oxygen atoms in total. The summed E-state index contributed by atoms with van der Waals surface area (Å²) in [6, 6.07) is 9.53. The number of benzene rings is 1. The van der Waals surface area contributed by atoms with Crippen LogP contribution >= 0.6 is 0 Å². The molecule has 0 saturated carbocycles. The number of nitrogen functional groups attached to an aromatic ring is 1. The van der Waals surface area contributed by atoms with E-state index in [1.54, 1.807) is 7.05 Å². The van der Waals surface area contributed by atoms with Crippen LogP contribution in [0, 0.1) is 0 Å². The molecule has 0 aliphatic rings. The van der Waals surface area contributed by atoms with Crippen LogP contribution in [0.25, 0.3) is 23.0 Å². The van der Waals surface area contributed by atoms with Gasteiger partial charge in [0.05, 0.1) is 0 Å². The van der Waals surface area contributed by atoms with Gasteiger partial charge < -0.3 is 10.3 Å². The minimum atomic E-state index is 0.263. The van der Waals surface area contributed by atoms with Crippen LogP contribution in [0.2, 0.25) is 0 Å². The Kier molecular flexibility index (Phi) is 2.30. The van der Waals surface area contributed by atoms with Crippen LogP contribution in [0.4, 0.5) is 5.82 Å². The molecular weight excluding hydrogens is 232 g/mol. The fourth-order valence-electron chi connectivity index (χ4n) is 1.54. The highest BCUT2D eigenvalue weighted by atomic mass is 16.5. The Morgan fingerprint density at radius 1 is 1.22 bits per heavy atom. The Morgan fingerprint density at radius 2 is 2.00 bits per heavy atom. The van der Waals surface area contributed by atoms with Crippen molar-refractivity contribution in [1.82, 2.24) is 25.1 Å². The van der Waals surface area contributed by atoms with Crippen molar-refractivity contribution < 1.29 is 4.52 Å². The van der Waals surface area contributed by atoms with E-state index in [0.717, 1.165) is 5.56 Å². The van der Waals surface area contributed by atoms with Gasteiger partial charge in [0.15, 0.2) is 11.5 Å². The zero-order chi connectivity index (χ0) is 12.5. The first kappa shape index (κ1) is 10.5. The van der Waals surface area contributed by atoms with Gasteiger partial charge in [0, 0.05) is 12.6 Å². The normalized spacial score (nSPS) is 10.7. The van der Waals surface area contributed by atoms with Crippen molar-refractivity contribution >= 4 is 5.82 Å². The molecular formula is C11H10N6O. The highest BCUT2D eigenvalue weighted by Crippen LogP contribution is 2.23. The second kappa shape index (κ2) is 3.95. The third-order valence-corrected chi connectivity index (χ3v) is 2.53. The number of hydrogen-bond donors (Lipinski definition) is 1. The lowest BCUT2D eigenvalue weighted by Crippen LogP contribution is -1.98. The van der Waals surface area contributed by atoms with Crippen molar-refractivity contribution in [3.63, 3.8) is 0 Å². The van der Waals surface area contributed by atoms with E-state index in [1.807, 2.05) is 30.3 Å². The van der Waals surface area contributed by atoms with Gasteiger partial charge in [-0.25, -0.2) is 4.68 Å². The lowest BCUT2D eigenvalue weighted by atomic mass is 10.2. The average molecular weight is 242 g/mol. The Labute approximate surface area is 102 Å². The van der Waals surface area contributed by atoms with Gasteiger partial charge in [0.1, 0.15) is 0 Å². The summed E-state index contributed by atoms with van der Waals surface area (Å²) in [5.41, 5.74) is 7.06. The molecule has 7 heteroatoms. The maximum Gasteiger partial charge on any atom is 0.282 e. The first-order valence-corrected chi connectivity index (χ1v) is 5.30. The van der Waals surface area contributed by atoms with Crippen LogP contribution in [0.15, 0.2) is 34.9 Å². The number of nitrogens with zero attached hydrogens (tertiary/aromatic N) is 5. The van der Waals surface area contributed by atoms with E-state index < -0.39 is 0 Å². The number of nitrogens with two attached hydrogens (primary N) is 1. The molecule has 2 heterocycles. The lowest BCUT2D eigenvalue weighted by Gasteiger charge is -1.91. The van der Waals surface area contributed by atoms with Gasteiger partial charge in [-0.1, -0.05) is 40.7 Å². The third kappa shape index (κ3) is 1.61. The standard InChI is InChI=1S/C11H10N6O/c1-17-9(12)8(14-16-17)11-13-10(15-18-11)7-5-3-2-4-6-7/h2-6H,12H2,1H3. The Bertz CT molecular complexity index is 672. The van der Waals surface area contributed by atoms with Crippen LogP contribution < -0.4 is 5.73 Å². The van der Waals surface area contributed by atoms with Gasteiger partial charge in [-0.05, 0) is 0 Å². The van der Waals surface area contributed by atoms with Crippen molar-refractivity contribution in [2.75, 3.05) is 5.73 Å². The Balaban J connectivity index is 2.02. The SMILES string of the molecule is Cn1nnc(-c2nc(-c3ccccc3)no2)c1N. The van der Waals surface area contributed by atoms with E-state index in [0.29, 0.717) is 17.3 Å². The molecule has 0 radical (unpaired) electrons. The molecule has 18 heavy (non-hydrogen) atoms. The molecule has 0 aliphatic carbocycles. The molecule has 3 aromatic rings. The lowest BCUT2D eigenvalue weighted by molar-refractivity contribution is 0.431. The van der Waals surface area contributed by atoms with Gasteiger partial charge in [-0.15, -0.1) is 5.10 Å². The van der Waals surface area contributed by atoms with E-state index in [-0.39, 0.29) is 5.89 Å². The van der Waals surface area contributed by atoms with E-state index in [9.17, 15) is 0 Å². The number of rotatable bonds is 2. The maximum absolute atomic E-state index is 5.79. The quantitative estimate of drug-likeness (QED) is 0.723. The van der Waals surface area contributed by atoms with Crippen molar-refractivity contribution in [1.29, 1.82) is 0 Å². The minimum Gasteiger partial charge on any atom is -0.382 e. The Morgan fingerprint density at radius 3 is 2.67 bits per heavy atom. The van der Waals surface area contributed by atoms with Crippen molar-refractivity contribution in [2.45, 2.75) is 0 Å². The van der Waals surface area contributed by atoms with Crippen LogP contribution in [-0.2, 0) is 7.05 Å². The van der Waals surface area contributed by atoms with Crippen LogP contribution in [-0.4, -0.2) is 25.1 Å². The minimum absolute atomic E-state index is 0.263. The predicted octanol–water partition coefficient (Wildman–Crippen LogP) is 1.11. The summed E-state index contributed by atoms with van der Waals surface area (Å²) in [6.45, 7) is 0. The second-order valence-corrected chi connectivity index (χ2v) is 3.74. The molecule has 0 atom stereocenters. The van der Waals surface area contributed by atoms with Gasteiger partial charge in [-0.3, -0.25) is 0 Å². The van der Waals surface area contributed by atoms with Crippen LogP contribution in [0.5, 0.6) is 0 Å². The predicted molar refractivity (Wildman–Crippen MR) is 64.1 cm³/mol. The number of aromatic nitrogens is 5. The van der Waals surface area contributed by atoms with Crippen LogP contribution in [0.1, 0.15) is 0 Å².